The first kappa shape index (κ1) is 13.1. The van der Waals surface area contributed by atoms with E-state index >= 15 is 0 Å². The zero-order valence-electron chi connectivity index (χ0n) is 6.27. The standard InChI is InChI=1S/C3H9O8PS/c4-3(1-10-12(5)6)2-11-13(7,8)9/h3-6H,1-2H2,(H,7,8,9). The maximum absolute atomic E-state index is 9.96. The van der Waals surface area contributed by atoms with E-state index in [1.807, 2.05) is 0 Å². The molecule has 0 bridgehead atoms. The molecule has 1 atom stereocenters. The lowest BCUT2D eigenvalue weighted by Gasteiger charge is -2.09. The molecule has 0 aliphatic carbocycles. The molecule has 13 heavy (non-hydrogen) atoms. The molecule has 0 heterocycles. The van der Waals surface area contributed by atoms with Gasteiger partial charge in [-0.1, -0.05) is 0 Å². The van der Waals surface area contributed by atoms with Gasteiger partial charge < -0.3 is 19.4 Å². The van der Waals surface area contributed by atoms with Crippen LogP contribution in [0.2, 0.25) is 0 Å². The van der Waals surface area contributed by atoms with Crippen molar-refractivity contribution >= 4 is 19.0 Å². The van der Waals surface area contributed by atoms with Gasteiger partial charge in [0.05, 0.1) is 13.2 Å². The van der Waals surface area contributed by atoms with Crippen molar-refractivity contribution in [2.24, 2.45) is 0 Å². The second kappa shape index (κ2) is 5.78. The molecule has 0 radical (unpaired) electrons. The van der Waals surface area contributed by atoms with E-state index < -0.39 is 38.3 Å². The van der Waals surface area contributed by atoms with E-state index in [9.17, 15) is 8.42 Å². The number of hydrogen-bond donors (Lipinski definition) is 4. The minimum Gasteiger partial charge on any atom is -0.388 e. The SMILES string of the molecule is O=S(=O)(O)OCC(O)COP(O)O. The molecule has 0 aliphatic rings. The summed E-state index contributed by atoms with van der Waals surface area (Å²) in [5.74, 6) is 0. The van der Waals surface area contributed by atoms with Gasteiger partial charge in [0.1, 0.15) is 6.10 Å². The minimum absolute atomic E-state index is 0.506. The highest BCUT2D eigenvalue weighted by Gasteiger charge is 2.12. The largest absolute Gasteiger partial charge is 0.397 e. The molecular weight excluding hydrogens is 227 g/mol. The fourth-order valence-corrected chi connectivity index (χ4v) is 1.000. The van der Waals surface area contributed by atoms with Crippen molar-refractivity contribution in [2.75, 3.05) is 13.2 Å². The second-order valence-corrected chi connectivity index (χ2v) is 3.77. The fourth-order valence-electron chi connectivity index (χ4n) is 0.365. The monoisotopic (exact) mass is 236 g/mol. The Morgan fingerprint density at radius 3 is 2.23 bits per heavy atom. The van der Waals surface area contributed by atoms with Gasteiger partial charge in [-0.05, 0) is 0 Å². The quantitative estimate of drug-likeness (QED) is 0.320. The molecule has 0 spiro atoms. The number of aliphatic hydroxyl groups is 1. The summed E-state index contributed by atoms with van der Waals surface area (Å²) in [6.45, 7) is -1.23. The molecule has 0 aromatic heterocycles. The van der Waals surface area contributed by atoms with Crippen LogP contribution >= 0.6 is 8.60 Å². The second-order valence-electron chi connectivity index (χ2n) is 1.91. The summed E-state index contributed by atoms with van der Waals surface area (Å²) in [5, 5.41) is 8.82. The van der Waals surface area contributed by atoms with Crippen LogP contribution in [0.5, 0.6) is 0 Å². The molecule has 0 fully saturated rings. The van der Waals surface area contributed by atoms with Crippen molar-refractivity contribution in [2.45, 2.75) is 6.10 Å². The zero-order chi connectivity index (χ0) is 10.5. The molecule has 0 saturated carbocycles. The predicted octanol–water partition coefficient (Wildman–Crippen LogP) is -1.61. The Morgan fingerprint density at radius 2 is 1.85 bits per heavy atom. The highest BCUT2D eigenvalue weighted by molar-refractivity contribution is 7.80. The van der Waals surface area contributed by atoms with Gasteiger partial charge in [-0.15, -0.1) is 0 Å². The van der Waals surface area contributed by atoms with Gasteiger partial charge in [-0.3, -0.25) is 4.55 Å². The summed E-state index contributed by atoms with van der Waals surface area (Å²) < 4.78 is 35.9. The van der Waals surface area contributed by atoms with Crippen LogP contribution in [0, 0.1) is 0 Å². The molecule has 0 saturated heterocycles. The lowest BCUT2D eigenvalue weighted by atomic mass is 10.4. The Balaban J connectivity index is 3.58. The fraction of sp³-hybridized carbons (Fsp3) is 1.00. The van der Waals surface area contributed by atoms with E-state index in [2.05, 4.69) is 8.71 Å². The lowest BCUT2D eigenvalue weighted by molar-refractivity contribution is 0.0558. The summed E-state index contributed by atoms with van der Waals surface area (Å²) in [4.78, 5) is 16.4. The number of hydrogen-bond acceptors (Lipinski definition) is 7. The van der Waals surface area contributed by atoms with Crippen molar-refractivity contribution in [1.82, 2.24) is 0 Å². The molecule has 8 nitrogen and oxygen atoms in total. The molecule has 0 aliphatic heterocycles. The molecule has 0 amide bonds. The topological polar surface area (TPSA) is 134 Å². The van der Waals surface area contributed by atoms with Crippen LogP contribution in [0.4, 0.5) is 0 Å². The van der Waals surface area contributed by atoms with Crippen molar-refractivity contribution in [3.05, 3.63) is 0 Å². The number of rotatable bonds is 6. The molecule has 0 aromatic carbocycles. The predicted molar refractivity (Wildman–Crippen MR) is 40.8 cm³/mol. The average Bonchev–Trinajstić information content (AvgIpc) is 1.95. The lowest BCUT2D eigenvalue weighted by Crippen LogP contribution is -2.22. The molecule has 80 valence electrons. The van der Waals surface area contributed by atoms with Crippen LogP contribution in [0.25, 0.3) is 0 Å². The summed E-state index contributed by atoms with van der Waals surface area (Å²) in [6.07, 6.45) is -1.37. The van der Waals surface area contributed by atoms with Gasteiger partial charge in [0.2, 0.25) is 0 Å². The minimum atomic E-state index is -4.59. The van der Waals surface area contributed by atoms with Gasteiger partial charge >= 0.3 is 19.0 Å². The van der Waals surface area contributed by atoms with Crippen molar-refractivity contribution < 1.29 is 36.6 Å². The van der Waals surface area contributed by atoms with Gasteiger partial charge in [-0.25, -0.2) is 4.18 Å². The Kier molecular flexibility index (Phi) is 5.85. The van der Waals surface area contributed by atoms with Gasteiger partial charge in [0, 0.05) is 0 Å². The molecule has 0 aromatic rings. The van der Waals surface area contributed by atoms with Crippen molar-refractivity contribution in [3.63, 3.8) is 0 Å². The third-order valence-corrected chi connectivity index (χ3v) is 1.61. The van der Waals surface area contributed by atoms with E-state index in [1.54, 1.807) is 0 Å². The third kappa shape index (κ3) is 10.1. The molecule has 10 heteroatoms. The van der Waals surface area contributed by atoms with Gasteiger partial charge in [0.25, 0.3) is 0 Å². The maximum atomic E-state index is 9.96. The van der Waals surface area contributed by atoms with Crippen molar-refractivity contribution in [3.8, 4) is 0 Å². The van der Waals surface area contributed by atoms with Crippen LogP contribution in [0.3, 0.4) is 0 Å². The summed E-state index contributed by atoms with van der Waals surface area (Å²) in [5.41, 5.74) is 0. The van der Waals surface area contributed by atoms with E-state index in [0.29, 0.717) is 0 Å². The van der Waals surface area contributed by atoms with E-state index in [-0.39, 0.29) is 0 Å². The van der Waals surface area contributed by atoms with E-state index in [0.717, 1.165) is 0 Å². The first-order valence-corrected chi connectivity index (χ1v) is 5.45. The number of aliphatic hydroxyl groups excluding tert-OH is 1. The molecular formula is C3H9O8PS. The summed E-state index contributed by atoms with van der Waals surface area (Å²) >= 11 is 0. The first-order chi connectivity index (χ1) is 5.81. The van der Waals surface area contributed by atoms with Crippen LogP contribution < -0.4 is 0 Å². The van der Waals surface area contributed by atoms with Crippen LogP contribution in [-0.4, -0.2) is 47.2 Å². The van der Waals surface area contributed by atoms with Crippen molar-refractivity contribution in [1.29, 1.82) is 0 Å². The maximum Gasteiger partial charge on any atom is 0.397 e. The van der Waals surface area contributed by atoms with E-state index in [4.69, 9.17) is 19.4 Å². The highest BCUT2D eigenvalue weighted by Crippen LogP contribution is 2.23. The van der Waals surface area contributed by atoms with Gasteiger partial charge in [-0.2, -0.15) is 8.42 Å². The smallest absolute Gasteiger partial charge is 0.388 e. The van der Waals surface area contributed by atoms with Crippen LogP contribution in [0.15, 0.2) is 0 Å². The molecule has 0 rings (SSSR count). The first-order valence-electron chi connectivity index (χ1n) is 2.92. The van der Waals surface area contributed by atoms with Crippen LogP contribution in [0.1, 0.15) is 0 Å². The molecule has 1 unspecified atom stereocenters. The Bertz CT molecular complexity index is 224. The highest BCUT2D eigenvalue weighted by atomic mass is 32.3. The van der Waals surface area contributed by atoms with Gasteiger partial charge in [0.15, 0.2) is 0 Å². The van der Waals surface area contributed by atoms with Crippen LogP contribution in [-0.2, 0) is 19.1 Å². The zero-order valence-corrected chi connectivity index (χ0v) is 7.98. The molecule has 4 N–H and O–H groups in total. The summed E-state index contributed by atoms with van der Waals surface area (Å²) in [6, 6.07) is 0. The third-order valence-electron chi connectivity index (χ3n) is 0.792. The average molecular weight is 236 g/mol. The normalized spacial score (nSPS) is 14.8. The summed E-state index contributed by atoms with van der Waals surface area (Å²) in [7, 11) is -7.19. The Hall–Kier alpha value is 0.140. The Morgan fingerprint density at radius 1 is 1.31 bits per heavy atom. The Labute approximate surface area is 75.7 Å². The van der Waals surface area contributed by atoms with E-state index in [1.165, 1.54) is 0 Å².